The standard InChI is InChI=1S/C17H26N2O2/c1-18-11-10-16-5-3-4-12-19(16)13-14-6-8-15(9-7-14)17(20)21-2/h6-9,16,18H,3-5,10-13H2,1-2H3. The molecule has 4 heteroatoms. The number of carbonyl (C=O) groups excluding carboxylic acids is 1. The first-order chi connectivity index (χ1) is 10.2. The molecule has 1 aromatic rings. The Hall–Kier alpha value is -1.39. The molecule has 0 aliphatic carbocycles. The SMILES string of the molecule is CNCCC1CCCCN1Cc1ccc(C(=O)OC)cc1. The zero-order valence-corrected chi connectivity index (χ0v) is 13.1. The molecule has 116 valence electrons. The van der Waals surface area contributed by atoms with Crippen LogP contribution in [0.1, 0.15) is 41.6 Å². The summed E-state index contributed by atoms with van der Waals surface area (Å²) in [5.41, 5.74) is 1.88. The van der Waals surface area contributed by atoms with Crippen LogP contribution in [0.15, 0.2) is 24.3 Å². The van der Waals surface area contributed by atoms with Gasteiger partial charge in [0.2, 0.25) is 0 Å². The monoisotopic (exact) mass is 290 g/mol. The van der Waals surface area contributed by atoms with E-state index in [1.54, 1.807) is 0 Å². The van der Waals surface area contributed by atoms with Gasteiger partial charge in [-0.15, -0.1) is 0 Å². The minimum Gasteiger partial charge on any atom is -0.465 e. The average Bonchev–Trinajstić information content (AvgIpc) is 2.54. The van der Waals surface area contributed by atoms with E-state index in [1.165, 1.54) is 44.9 Å². The second-order valence-electron chi connectivity index (χ2n) is 5.70. The summed E-state index contributed by atoms with van der Waals surface area (Å²) in [5.74, 6) is -0.272. The Morgan fingerprint density at radius 1 is 1.33 bits per heavy atom. The molecule has 1 heterocycles. The van der Waals surface area contributed by atoms with Crippen LogP contribution in [0.2, 0.25) is 0 Å². The lowest BCUT2D eigenvalue weighted by Gasteiger charge is -2.36. The number of ether oxygens (including phenoxy) is 1. The van der Waals surface area contributed by atoms with Crippen LogP contribution >= 0.6 is 0 Å². The highest BCUT2D eigenvalue weighted by atomic mass is 16.5. The van der Waals surface area contributed by atoms with Crippen molar-refractivity contribution in [2.75, 3.05) is 27.2 Å². The topological polar surface area (TPSA) is 41.6 Å². The van der Waals surface area contributed by atoms with Gasteiger partial charge in [0, 0.05) is 12.6 Å². The number of likely N-dealkylation sites (tertiary alicyclic amines) is 1. The maximum atomic E-state index is 11.4. The first kappa shape index (κ1) is 16.0. The molecule has 21 heavy (non-hydrogen) atoms. The van der Waals surface area contributed by atoms with Crippen LogP contribution in [0.5, 0.6) is 0 Å². The molecule has 1 saturated heterocycles. The van der Waals surface area contributed by atoms with Crippen molar-refractivity contribution in [3.63, 3.8) is 0 Å². The fourth-order valence-corrected chi connectivity index (χ4v) is 3.00. The van der Waals surface area contributed by atoms with Crippen LogP contribution in [0.3, 0.4) is 0 Å². The molecule has 2 rings (SSSR count). The summed E-state index contributed by atoms with van der Waals surface area (Å²) in [6.45, 7) is 3.21. The number of rotatable bonds is 6. The third-order valence-electron chi connectivity index (χ3n) is 4.24. The van der Waals surface area contributed by atoms with Crippen LogP contribution in [-0.4, -0.2) is 44.2 Å². The Morgan fingerprint density at radius 3 is 2.76 bits per heavy atom. The molecule has 1 unspecified atom stereocenters. The van der Waals surface area contributed by atoms with Crippen LogP contribution in [-0.2, 0) is 11.3 Å². The minimum absolute atomic E-state index is 0.272. The average molecular weight is 290 g/mol. The van der Waals surface area contributed by atoms with E-state index < -0.39 is 0 Å². The molecule has 0 spiro atoms. The molecule has 1 aliphatic heterocycles. The highest BCUT2D eigenvalue weighted by Crippen LogP contribution is 2.22. The lowest BCUT2D eigenvalue weighted by molar-refractivity contribution is 0.0600. The molecule has 0 aromatic heterocycles. The Labute approximate surface area is 127 Å². The van der Waals surface area contributed by atoms with Crippen LogP contribution in [0, 0.1) is 0 Å². The maximum Gasteiger partial charge on any atom is 0.337 e. The van der Waals surface area contributed by atoms with E-state index in [4.69, 9.17) is 4.74 Å². The van der Waals surface area contributed by atoms with Gasteiger partial charge in [-0.1, -0.05) is 18.6 Å². The number of benzene rings is 1. The Morgan fingerprint density at radius 2 is 2.10 bits per heavy atom. The number of esters is 1. The van der Waals surface area contributed by atoms with Crippen molar-refractivity contribution in [1.29, 1.82) is 0 Å². The van der Waals surface area contributed by atoms with Crippen molar-refractivity contribution < 1.29 is 9.53 Å². The van der Waals surface area contributed by atoms with Gasteiger partial charge >= 0.3 is 5.97 Å². The van der Waals surface area contributed by atoms with Gasteiger partial charge in [-0.3, -0.25) is 4.90 Å². The van der Waals surface area contributed by atoms with E-state index in [9.17, 15) is 4.79 Å². The zero-order chi connectivity index (χ0) is 15.1. The third kappa shape index (κ3) is 4.55. The summed E-state index contributed by atoms with van der Waals surface area (Å²) < 4.78 is 4.73. The molecule has 1 N–H and O–H groups in total. The number of carbonyl (C=O) groups is 1. The van der Waals surface area contributed by atoms with E-state index in [-0.39, 0.29) is 5.97 Å². The molecule has 0 bridgehead atoms. The van der Waals surface area contributed by atoms with Gasteiger partial charge in [0.1, 0.15) is 0 Å². The fraction of sp³-hybridized carbons (Fsp3) is 0.588. The normalized spacial score (nSPS) is 19.4. The highest BCUT2D eigenvalue weighted by Gasteiger charge is 2.21. The summed E-state index contributed by atoms with van der Waals surface area (Å²) in [6, 6.07) is 8.46. The summed E-state index contributed by atoms with van der Waals surface area (Å²) in [4.78, 5) is 14.0. The second kappa shape index (κ2) is 8.15. The van der Waals surface area contributed by atoms with Crippen molar-refractivity contribution in [2.24, 2.45) is 0 Å². The molecular weight excluding hydrogens is 264 g/mol. The van der Waals surface area contributed by atoms with Gasteiger partial charge in [0.15, 0.2) is 0 Å². The van der Waals surface area contributed by atoms with Crippen LogP contribution in [0.4, 0.5) is 0 Å². The lowest BCUT2D eigenvalue weighted by atomic mass is 9.98. The first-order valence-corrected chi connectivity index (χ1v) is 7.80. The van der Waals surface area contributed by atoms with Gasteiger partial charge in [-0.2, -0.15) is 0 Å². The molecule has 0 amide bonds. The second-order valence-corrected chi connectivity index (χ2v) is 5.70. The Balaban J connectivity index is 1.96. The number of nitrogens with one attached hydrogen (secondary N) is 1. The number of nitrogens with zero attached hydrogens (tertiary/aromatic N) is 1. The number of hydrogen-bond donors (Lipinski definition) is 1. The quantitative estimate of drug-likeness (QED) is 0.817. The van der Waals surface area contributed by atoms with Gasteiger partial charge in [-0.05, 0) is 57.1 Å². The smallest absolute Gasteiger partial charge is 0.337 e. The van der Waals surface area contributed by atoms with E-state index in [0.29, 0.717) is 11.6 Å². The third-order valence-corrected chi connectivity index (χ3v) is 4.24. The number of piperidine rings is 1. The molecule has 1 fully saturated rings. The summed E-state index contributed by atoms with van der Waals surface area (Å²) in [7, 11) is 3.43. The Kier molecular flexibility index (Phi) is 6.21. The molecule has 0 saturated carbocycles. The molecule has 1 aromatic carbocycles. The number of methoxy groups -OCH3 is 1. The molecule has 1 atom stereocenters. The van der Waals surface area contributed by atoms with Gasteiger partial charge < -0.3 is 10.1 Å². The lowest BCUT2D eigenvalue weighted by Crippen LogP contribution is -2.40. The van der Waals surface area contributed by atoms with Crippen molar-refractivity contribution >= 4 is 5.97 Å². The van der Waals surface area contributed by atoms with E-state index in [2.05, 4.69) is 10.2 Å². The molecule has 0 radical (unpaired) electrons. The predicted molar refractivity (Wildman–Crippen MR) is 84.4 cm³/mol. The zero-order valence-electron chi connectivity index (χ0n) is 13.1. The van der Waals surface area contributed by atoms with Crippen molar-refractivity contribution in [3.05, 3.63) is 35.4 Å². The van der Waals surface area contributed by atoms with E-state index in [1.807, 2.05) is 31.3 Å². The molecular formula is C17H26N2O2. The van der Waals surface area contributed by atoms with E-state index >= 15 is 0 Å². The maximum absolute atomic E-state index is 11.4. The molecule has 1 aliphatic rings. The minimum atomic E-state index is -0.272. The molecule has 4 nitrogen and oxygen atoms in total. The Bertz CT molecular complexity index is 445. The summed E-state index contributed by atoms with van der Waals surface area (Å²) >= 11 is 0. The predicted octanol–water partition coefficient (Wildman–Crippen LogP) is 2.44. The summed E-state index contributed by atoms with van der Waals surface area (Å²) in [5, 5.41) is 3.25. The van der Waals surface area contributed by atoms with Gasteiger partial charge in [-0.25, -0.2) is 4.79 Å². The van der Waals surface area contributed by atoms with Gasteiger partial charge in [0.25, 0.3) is 0 Å². The largest absolute Gasteiger partial charge is 0.465 e. The van der Waals surface area contributed by atoms with Crippen LogP contribution < -0.4 is 5.32 Å². The fourth-order valence-electron chi connectivity index (χ4n) is 3.00. The first-order valence-electron chi connectivity index (χ1n) is 7.80. The van der Waals surface area contributed by atoms with Crippen molar-refractivity contribution in [3.8, 4) is 0 Å². The van der Waals surface area contributed by atoms with Crippen molar-refractivity contribution in [1.82, 2.24) is 10.2 Å². The van der Waals surface area contributed by atoms with Gasteiger partial charge in [0.05, 0.1) is 12.7 Å². The van der Waals surface area contributed by atoms with Crippen molar-refractivity contribution in [2.45, 2.75) is 38.3 Å². The number of hydrogen-bond acceptors (Lipinski definition) is 4. The van der Waals surface area contributed by atoms with E-state index in [0.717, 1.165) is 13.1 Å². The highest BCUT2D eigenvalue weighted by molar-refractivity contribution is 5.89. The summed E-state index contributed by atoms with van der Waals surface area (Å²) in [6.07, 6.45) is 5.13. The van der Waals surface area contributed by atoms with Crippen LogP contribution in [0.25, 0.3) is 0 Å².